The van der Waals surface area contributed by atoms with Crippen LogP contribution in [-0.4, -0.2) is 29.2 Å². The molecule has 6 heteroatoms. The highest BCUT2D eigenvalue weighted by atomic mass is 16.5. The number of phenolic OH excluding ortho intramolecular Hbond substituents is 1. The molecule has 0 heterocycles. The van der Waals surface area contributed by atoms with Gasteiger partial charge in [0.2, 0.25) is 5.91 Å². The van der Waals surface area contributed by atoms with Crippen molar-refractivity contribution in [1.82, 2.24) is 5.32 Å². The van der Waals surface area contributed by atoms with E-state index in [-0.39, 0.29) is 11.7 Å². The smallest absolute Gasteiger partial charge is 0.330 e. The summed E-state index contributed by atoms with van der Waals surface area (Å²) in [5.41, 5.74) is 0.466. The Labute approximate surface area is 145 Å². The Morgan fingerprint density at radius 2 is 1.84 bits per heavy atom. The molecular formula is C19H19NO5. The predicted molar refractivity (Wildman–Crippen MR) is 90.5 cm³/mol. The van der Waals surface area contributed by atoms with E-state index in [9.17, 15) is 19.8 Å². The number of ether oxygens (including phenoxy) is 1. The predicted octanol–water partition coefficient (Wildman–Crippen LogP) is 2.37. The largest absolute Gasteiger partial charge is 0.508 e. The van der Waals surface area contributed by atoms with E-state index in [4.69, 9.17) is 4.74 Å². The molecule has 0 aliphatic heterocycles. The summed E-state index contributed by atoms with van der Waals surface area (Å²) in [6.45, 7) is 0. The first-order valence-electron chi connectivity index (χ1n) is 7.93. The zero-order valence-electron chi connectivity index (χ0n) is 13.7. The van der Waals surface area contributed by atoms with Gasteiger partial charge in [-0.1, -0.05) is 24.3 Å². The molecule has 1 fully saturated rings. The number of carboxylic acid groups (broad SMARTS) is 1. The van der Waals surface area contributed by atoms with Gasteiger partial charge in [-0.25, -0.2) is 4.79 Å². The molecule has 2 aromatic carbocycles. The molecule has 0 saturated heterocycles. The van der Waals surface area contributed by atoms with Gasteiger partial charge < -0.3 is 20.3 Å². The SMILES string of the molecule is COc1ccc(C2(C(=O)NC(C(=O)O)c3cccc(O)c3)CC2)cc1. The summed E-state index contributed by atoms with van der Waals surface area (Å²) in [6, 6.07) is 11.9. The van der Waals surface area contributed by atoms with Crippen molar-refractivity contribution in [2.75, 3.05) is 7.11 Å². The van der Waals surface area contributed by atoms with Gasteiger partial charge in [0, 0.05) is 0 Å². The second kappa shape index (κ2) is 6.47. The lowest BCUT2D eigenvalue weighted by molar-refractivity contribution is -0.142. The summed E-state index contributed by atoms with van der Waals surface area (Å²) in [5, 5.41) is 21.6. The van der Waals surface area contributed by atoms with Crippen LogP contribution in [0.2, 0.25) is 0 Å². The summed E-state index contributed by atoms with van der Waals surface area (Å²) in [6.07, 6.45) is 1.33. The normalized spacial score (nSPS) is 15.9. The molecule has 3 rings (SSSR count). The third kappa shape index (κ3) is 3.28. The monoisotopic (exact) mass is 341 g/mol. The Morgan fingerprint density at radius 3 is 2.36 bits per heavy atom. The lowest BCUT2D eigenvalue weighted by Gasteiger charge is -2.20. The van der Waals surface area contributed by atoms with Gasteiger partial charge in [0.05, 0.1) is 12.5 Å². The van der Waals surface area contributed by atoms with Crippen molar-refractivity contribution in [2.24, 2.45) is 0 Å². The van der Waals surface area contributed by atoms with Crippen LogP contribution >= 0.6 is 0 Å². The lowest BCUT2D eigenvalue weighted by atomic mass is 9.94. The summed E-state index contributed by atoms with van der Waals surface area (Å²) >= 11 is 0. The maximum atomic E-state index is 12.8. The van der Waals surface area contributed by atoms with Crippen LogP contribution in [0.1, 0.15) is 30.0 Å². The van der Waals surface area contributed by atoms with Gasteiger partial charge in [-0.15, -0.1) is 0 Å². The van der Waals surface area contributed by atoms with Gasteiger partial charge >= 0.3 is 5.97 Å². The Hall–Kier alpha value is -3.02. The van der Waals surface area contributed by atoms with Crippen LogP contribution < -0.4 is 10.1 Å². The fourth-order valence-corrected chi connectivity index (χ4v) is 2.94. The number of carboxylic acids is 1. The van der Waals surface area contributed by atoms with Crippen LogP contribution in [0.5, 0.6) is 11.5 Å². The van der Waals surface area contributed by atoms with Gasteiger partial charge in [0.25, 0.3) is 0 Å². The van der Waals surface area contributed by atoms with Crippen LogP contribution in [0, 0.1) is 0 Å². The molecule has 1 aliphatic carbocycles. The van der Waals surface area contributed by atoms with E-state index >= 15 is 0 Å². The third-order valence-electron chi connectivity index (χ3n) is 4.55. The molecule has 0 aromatic heterocycles. The minimum Gasteiger partial charge on any atom is -0.508 e. The number of hydrogen-bond acceptors (Lipinski definition) is 4. The molecule has 1 saturated carbocycles. The van der Waals surface area contributed by atoms with Crippen molar-refractivity contribution in [3.8, 4) is 11.5 Å². The lowest BCUT2D eigenvalue weighted by Crippen LogP contribution is -2.40. The molecule has 25 heavy (non-hydrogen) atoms. The van der Waals surface area contributed by atoms with Crippen molar-refractivity contribution in [2.45, 2.75) is 24.3 Å². The fraction of sp³-hybridized carbons (Fsp3) is 0.263. The molecule has 0 bridgehead atoms. The van der Waals surface area contributed by atoms with Crippen molar-refractivity contribution in [3.63, 3.8) is 0 Å². The standard InChI is InChI=1S/C19H19NO5/c1-25-15-7-5-13(6-8-15)19(9-10-19)18(24)20-16(17(22)23)12-3-2-4-14(21)11-12/h2-8,11,16,21H,9-10H2,1H3,(H,20,24)(H,22,23). The number of phenols is 1. The maximum Gasteiger partial charge on any atom is 0.330 e. The van der Waals surface area contributed by atoms with Gasteiger partial charge in [0.15, 0.2) is 6.04 Å². The Morgan fingerprint density at radius 1 is 1.16 bits per heavy atom. The number of benzene rings is 2. The Kier molecular flexibility index (Phi) is 4.35. The topological polar surface area (TPSA) is 95.9 Å². The highest BCUT2D eigenvalue weighted by Gasteiger charge is 2.52. The zero-order chi connectivity index (χ0) is 18.0. The summed E-state index contributed by atoms with van der Waals surface area (Å²) < 4.78 is 5.13. The second-order valence-electron chi connectivity index (χ2n) is 6.15. The molecule has 0 radical (unpaired) electrons. The highest BCUT2D eigenvalue weighted by Crippen LogP contribution is 2.49. The third-order valence-corrected chi connectivity index (χ3v) is 4.55. The van der Waals surface area contributed by atoms with Gasteiger partial charge in [-0.05, 0) is 48.2 Å². The molecule has 0 spiro atoms. The number of amides is 1. The molecule has 1 aliphatic rings. The summed E-state index contributed by atoms with van der Waals surface area (Å²) in [7, 11) is 1.57. The minimum absolute atomic E-state index is 0.0470. The van der Waals surface area contributed by atoms with Crippen LogP contribution in [0.15, 0.2) is 48.5 Å². The molecule has 1 atom stereocenters. The molecule has 130 valence electrons. The van der Waals surface area contributed by atoms with E-state index in [0.29, 0.717) is 24.2 Å². The quantitative estimate of drug-likeness (QED) is 0.750. The highest BCUT2D eigenvalue weighted by molar-refractivity contribution is 5.94. The average Bonchev–Trinajstić information content (AvgIpc) is 3.41. The van der Waals surface area contributed by atoms with E-state index in [1.165, 1.54) is 12.1 Å². The van der Waals surface area contributed by atoms with E-state index < -0.39 is 17.4 Å². The maximum absolute atomic E-state index is 12.8. The van der Waals surface area contributed by atoms with Crippen LogP contribution in [0.25, 0.3) is 0 Å². The number of rotatable bonds is 6. The molecule has 3 N–H and O–H groups in total. The Balaban J connectivity index is 1.82. The summed E-state index contributed by atoms with van der Waals surface area (Å²) in [4.78, 5) is 24.4. The second-order valence-corrected chi connectivity index (χ2v) is 6.15. The minimum atomic E-state index is -1.21. The van der Waals surface area contributed by atoms with E-state index in [0.717, 1.165) is 5.56 Å². The van der Waals surface area contributed by atoms with Crippen LogP contribution in [0.4, 0.5) is 0 Å². The van der Waals surface area contributed by atoms with Gasteiger partial charge in [-0.3, -0.25) is 4.79 Å². The number of methoxy groups -OCH3 is 1. The number of carbonyl (C=O) groups excluding carboxylic acids is 1. The van der Waals surface area contributed by atoms with Crippen molar-refractivity contribution in [3.05, 3.63) is 59.7 Å². The number of carbonyl (C=O) groups is 2. The number of aliphatic carboxylic acids is 1. The molecular weight excluding hydrogens is 322 g/mol. The summed E-state index contributed by atoms with van der Waals surface area (Å²) in [5.74, 6) is -0.852. The van der Waals surface area contributed by atoms with Crippen molar-refractivity contribution < 1.29 is 24.5 Å². The van der Waals surface area contributed by atoms with Gasteiger partial charge in [-0.2, -0.15) is 0 Å². The first kappa shape index (κ1) is 16.8. The fourth-order valence-electron chi connectivity index (χ4n) is 2.94. The first-order valence-corrected chi connectivity index (χ1v) is 7.93. The van der Waals surface area contributed by atoms with Gasteiger partial charge in [0.1, 0.15) is 11.5 Å². The number of hydrogen-bond donors (Lipinski definition) is 3. The molecule has 1 amide bonds. The van der Waals surface area contributed by atoms with Crippen molar-refractivity contribution in [1.29, 1.82) is 0 Å². The molecule has 2 aromatic rings. The molecule has 6 nitrogen and oxygen atoms in total. The zero-order valence-corrected chi connectivity index (χ0v) is 13.7. The number of nitrogens with one attached hydrogen (secondary N) is 1. The van der Waals surface area contributed by atoms with Crippen molar-refractivity contribution >= 4 is 11.9 Å². The average molecular weight is 341 g/mol. The Bertz CT molecular complexity index is 796. The van der Waals surface area contributed by atoms with E-state index in [1.54, 1.807) is 31.4 Å². The van der Waals surface area contributed by atoms with E-state index in [2.05, 4.69) is 5.32 Å². The van der Waals surface area contributed by atoms with Crippen LogP contribution in [-0.2, 0) is 15.0 Å². The van der Waals surface area contributed by atoms with Crippen LogP contribution in [0.3, 0.4) is 0 Å². The number of aromatic hydroxyl groups is 1. The first-order chi connectivity index (χ1) is 12.0. The van der Waals surface area contributed by atoms with E-state index in [1.807, 2.05) is 12.1 Å². The molecule has 1 unspecified atom stereocenters.